The summed E-state index contributed by atoms with van der Waals surface area (Å²) in [7, 11) is 0. The second-order valence-electron chi connectivity index (χ2n) is 6.45. The van der Waals surface area contributed by atoms with E-state index in [0.29, 0.717) is 12.3 Å². The van der Waals surface area contributed by atoms with Gasteiger partial charge in [-0.15, -0.1) is 0 Å². The Bertz CT molecular complexity index is 826. The van der Waals surface area contributed by atoms with Crippen LogP contribution in [-0.4, -0.2) is 47.6 Å². The second kappa shape index (κ2) is 8.69. The lowest BCUT2D eigenvalue weighted by Crippen LogP contribution is -2.34. The lowest BCUT2D eigenvalue weighted by molar-refractivity contribution is 0.107. The number of H-pyrrole nitrogens is 1. The molecule has 0 saturated carbocycles. The smallest absolute Gasteiger partial charge is 0.145 e. The lowest BCUT2D eigenvalue weighted by Gasteiger charge is -2.15. The average molecular weight is 354 g/mol. The van der Waals surface area contributed by atoms with E-state index >= 15 is 0 Å². The van der Waals surface area contributed by atoms with Crippen LogP contribution in [0.5, 0.6) is 5.75 Å². The van der Waals surface area contributed by atoms with Crippen molar-refractivity contribution in [2.24, 2.45) is 0 Å². The number of nitrogens with one attached hydrogen (secondary N) is 3. The maximum absolute atomic E-state index is 10.1. The van der Waals surface area contributed by atoms with Crippen molar-refractivity contribution in [1.82, 2.24) is 15.5 Å². The second-order valence-corrected chi connectivity index (χ2v) is 6.45. The molecule has 1 atom stereocenters. The van der Waals surface area contributed by atoms with Gasteiger partial charge in [-0.25, -0.2) is 0 Å². The number of hydrogen-bond donors (Lipinski definition) is 4. The molecular weight excluding hydrogens is 328 g/mol. The number of anilines is 1. The summed E-state index contributed by atoms with van der Waals surface area (Å²) in [6, 6.07) is 12.0. The van der Waals surface area contributed by atoms with Crippen LogP contribution in [0.2, 0.25) is 0 Å². The minimum absolute atomic E-state index is 0.232. The van der Waals surface area contributed by atoms with Gasteiger partial charge in [0.25, 0.3) is 0 Å². The Labute approximate surface area is 153 Å². The average Bonchev–Trinajstić information content (AvgIpc) is 3.11. The van der Waals surface area contributed by atoms with Crippen LogP contribution in [0.3, 0.4) is 0 Å². The summed E-state index contributed by atoms with van der Waals surface area (Å²) in [5.41, 5.74) is 4.52. The Balaban J connectivity index is 1.37. The fraction of sp³-hybridized carbons (Fsp3) is 0.350. The number of aromatic amines is 1. The number of ether oxygens (including phenoxy) is 1. The topological polar surface area (TPSA) is 82.2 Å². The van der Waals surface area contributed by atoms with Gasteiger partial charge in [0.05, 0.1) is 6.20 Å². The highest BCUT2D eigenvalue weighted by atomic mass is 16.5. The first-order valence-electron chi connectivity index (χ1n) is 8.89. The van der Waals surface area contributed by atoms with Crippen LogP contribution in [0.15, 0.2) is 42.6 Å². The van der Waals surface area contributed by atoms with E-state index in [1.54, 1.807) is 6.20 Å². The molecule has 0 aliphatic heterocycles. The summed E-state index contributed by atoms with van der Waals surface area (Å²) in [6.45, 7) is 6.48. The number of fused-ring (bicyclic) bond motifs is 1. The number of rotatable bonds is 9. The number of hydrogen-bond acceptors (Lipinski definition) is 5. The molecule has 3 rings (SSSR count). The van der Waals surface area contributed by atoms with Gasteiger partial charge in [-0.2, -0.15) is 5.10 Å². The molecule has 0 aliphatic rings. The molecule has 0 aliphatic carbocycles. The van der Waals surface area contributed by atoms with E-state index in [1.165, 1.54) is 16.8 Å². The van der Waals surface area contributed by atoms with Crippen LogP contribution in [0.4, 0.5) is 5.69 Å². The van der Waals surface area contributed by atoms with E-state index in [4.69, 9.17) is 4.74 Å². The molecule has 1 unspecified atom stereocenters. The highest BCUT2D eigenvalue weighted by Crippen LogP contribution is 2.22. The van der Waals surface area contributed by atoms with E-state index < -0.39 is 6.10 Å². The molecule has 138 valence electrons. The van der Waals surface area contributed by atoms with Crippen molar-refractivity contribution in [1.29, 1.82) is 0 Å². The molecule has 6 heteroatoms. The van der Waals surface area contributed by atoms with Crippen LogP contribution in [-0.2, 0) is 0 Å². The third-order valence-corrected chi connectivity index (χ3v) is 4.33. The molecule has 0 amide bonds. The van der Waals surface area contributed by atoms with Crippen molar-refractivity contribution >= 4 is 16.6 Å². The van der Waals surface area contributed by atoms with E-state index in [-0.39, 0.29) is 6.61 Å². The fourth-order valence-corrected chi connectivity index (χ4v) is 2.94. The number of benzene rings is 2. The summed E-state index contributed by atoms with van der Waals surface area (Å²) in [5, 5.41) is 24.7. The monoisotopic (exact) mass is 354 g/mol. The minimum Gasteiger partial charge on any atom is -0.489 e. The normalized spacial score (nSPS) is 12.3. The summed E-state index contributed by atoms with van der Waals surface area (Å²) in [4.78, 5) is 0. The van der Waals surface area contributed by atoms with Crippen molar-refractivity contribution in [2.75, 3.05) is 31.6 Å². The Kier molecular flexibility index (Phi) is 6.09. The van der Waals surface area contributed by atoms with E-state index in [9.17, 15) is 5.11 Å². The van der Waals surface area contributed by atoms with Crippen LogP contribution in [0.25, 0.3) is 10.9 Å². The number of aryl methyl sites for hydroxylation is 2. The van der Waals surface area contributed by atoms with Gasteiger partial charge in [0.2, 0.25) is 0 Å². The Morgan fingerprint density at radius 3 is 2.69 bits per heavy atom. The first-order valence-corrected chi connectivity index (χ1v) is 8.89. The maximum atomic E-state index is 10.1. The maximum Gasteiger partial charge on any atom is 0.145 e. The van der Waals surface area contributed by atoms with Gasteiger partial charge in [-0.1, -0.05) is 30.3 Å². The van der Waals surface area contributed by atoms with Crippen molar-refractivity contribution in [3.05, 3.63) is 53.7 Å². The molecule has 3 aromatic rings. The zero-order chi connectivity index (χ0) is 18.4. The zero-order valence-electron chi connectivity index (χ0n) is 15.2. The number of nitrogens with zero attached hydrogens (tertiary/aromatic N) is 1. The van der Waals surface area contributed by atoms with Gasteiger partial charge in [-0.05, 0) is 31.0 Å². The van der Waals surface area contributed by atoms with Crippen molar-refractivity contribution in [2.45, 2.75) is 20.0 Å². The molecule has 6 nitrogen and oxygen atoms in total. The predicted molar refractivity (Wildman–Crippen MR) is 105 cm³/mol. The van der Waals surface area contributed by atoms with Gasteiger partial charge >= 0.3 is 0 Å². The number of para-hydroxylation sites is 2. The standard InChI is InChI=1S/C20H26N4O2/c1-14-5-3-6-15(2)19(14)22-10-9-21-12-17(25)13-26-18-8-4-7-16-11-23-24-20(16)18/h3-8,11,17,21-22,25H,9-10,12-13H2,1-2H3,(H,23,24). The van der Waals surface area contributed by atoms with E-state index in [2.05, 4.69) is 52.9 Å². The number of aliphatic hydroxyl groups is 1. The first kappa shape index (κ1) is 18.2. The summed E-state index contributed by atoms with van der Waals surface area (Å²) in [6.07, 6.45) is 1.18. The van der Waals surface area contributed by atoms with Crippen LogP contribution >= 0.6 is 0 Å². The zero-order valence-corrected chi connectivity index (χ0v) is 15.2. The Hall–Kier alpha value is -2.57. The first-order chi connectivity index (χ1) is 12.6. The SMILES string of the molecule is Cc1cccc(C)c1NCCNCC(O)COc1cccc2cn[nH]c12. The van der Waals surface area contributed by atoms with Crippen LogP contribution in [0.1, 0.15) is 11.1 Å². The van der Waals surface area contributed by atoms with E-state index in [1.807, 2.05) is 18.2 Å². The van der Waals surface area contributed by atoms with Crippen molar-refractivity contribution < 1.29 is 9.84 Å². The molecule has 0 spiro atoms. The van der Waals surface area contributed by atoms with Gasteiger partial charge in [0, 0.05) is 30.7 Å². The van der Waals surface area contributed by atoms with Crippen molar-refractivity contribution in [3.63, 3.8) is 0 Å². The van der Waals surface area contributed by atoms with Crippen LogP contribution in [0, 0.1) is 13.8 Å². The number of aliphatic hydroxyl groups excluding tert-OH is 1. The molecule has 2 aromatic carbocycles. The fourth-order valence-electron chi connectivity index (χ4n) is 2.94. The molecule has 0 saturated heterocycles. The minimum atomic E-state index is -0.576. The molecular formula is C20H26N4O2. The third kappa shape index (κ3) is 4.53. The molecule has 4 N–H and O–H groups in total. The largest absolute Gasteiger partial charge is 0.489 e. The molecule has 1 heterocycles. The van der Waals surface area contributed by atoms with Gasteiger partial charge in [-0.3, -0.25) is 5.10 Å². The summed E-state index contributed by atoms with van der Waals surface area (Å²) in [5.74, 6) is 0.704. The highest BCUT2D eigenvalue weighted by Gasteiger charge is 2.08. The summed E-state index contributed by atoms with van der Waals surface area (Å²) < 4.78 is 5.72. The molecule has 26 heavy (non-hydrogen) atoms. The quantitative estimate of drug-likeness (QED) is 0.444. The molecule has 0 fully saturated rings. The van der Waals surface area contributed by atoms with Gasteiger partial charge in [0.1, 0.15) is 24.0 Å². The third-order valence-electron chi connectivity index (χ3n) is 4.33. The number of aromatic nitrogens is 2. The van der Waals surface area contributed by atoms with Gasteiger partial charge < -0.3 is 20.5 Å². The summed E-state index contributed by atoms with van der Waals surface area (Å²) >= 11 is 0. The van der Waals surface area contributed by atoms with E-state index in [0.717, 1.165) is 24.0 Å². The van der Waals surface area contributed by atoms with Crippen molar-refractivity contribution in [3.8, 4) is 5.75 Å². The lowest BCUT2D eigenvalue weighted by atomic mass is 10.1. The molecule has 0 bridgehead atoms. The Morgan fingerprint density at radius 2 is 1.88 bits per heavy atom. The van der Waals surface area contributed by atoms with Crippen LogP contribution < -0.4 is 15.4 Å². The molecule has 1 aromatic heterocycles. The highest BCUT2D eigenvalue weighted by molar-refractivity contribution is 5.83. The molecule has 0 radical (unpaired) electrons. The van der Waals surface area contributed by atoms with Gasteiger partial charge in [0.15, 0.2) is 0 Å². The Morgan fingerprint density at radius 1 is 1.12 bits per heavy atom. The predicted octanol–water partition coefficient (Wildman–Crippen LogP) is 2.62.